The second kappa shape index (κ2) is 3.81. The zero-order chi connectivity index (χ0) is 12.6. The van der Waals surface area contributed by atoms with Gasteiger partial charge in [0.2, 0.25) is 0 Å². The topological polar surface area (TPSA) is 20.3 Å². The Hall–Kier alpha value is -1.96. The summed E-state index contributed by atoms with van der Waals surface area (Å²) in [7, 11) is 0. The number of benzene rings is 1. The van der Waals surface area contributed by atoms with Gasteiger partial charge in [0.25, 0.3) is 0 Å². The van der Waals surface area contributed by atoms with E-state index in [0.29, 0.717) is 18.5 Å². The molecule has 0 atom stereocenters. The summed E-state index contributed by atoms with van der Waals surface area (Å²) in [6, 6.07) is 3.38. The van der Waals surface area contributed by atoms with E-state index in [0.717, 1.165) is 12.1 Å². The molecular formula is C12H8F3NO. The normalized spacial score (nSPS) is 14.4. The summed E-state index contributed by atoms with van der Waals surface area (Å²) in [6.07, 6.45) is 1.08. The van der Waals surface area contributed by atoms with Crippen LogP contribution in [-0.4, -0.2) is 12.5 Å². The number of nitrogens with zero attached hydrogens (tertiary/aromatic N) is 1. The van der Waals surface area contributed by atoms with Crippen LogP contribution in [0.2, 0.25) is 0 Å². The standard InChI is InChI=1S/C12H8F3NO/c1-2-11(17)16-6-5-8-3-4-9(7-10(8)16)12(13,14)15/h1,3-4,7H,5-6H2. The Kier molecular flexibility index (Phi) is 2.58. The number of hydrogen-bond donors (Lipinski definition) is 0. The third-order valence-corrected chi connectivity index (χ3v) is 2.68. The van der Waals surface area contributed by atoms with Gasteiger partial charge in [-0.2, -0.15) is 13.2 Å². The number of alkyl halides is 3. The Bertz CT molecular complexity index is 513. The summed E-state index contributed by atoms with van der Waals surface area (Å²) in [5.74, 6) is 1.30. The highest BCUT2D eigenvalue weighted by Crippen LogP contribution is 2.36. The molecule has 0 aliphatic carbocycles. The summed E-state index contributed by atoms with van der Waals surface area (Å²) in [6.45, 7) is 0.333. The van der Waals surface area contributed by atoms with Gasteiger partial charge in [-0.05, 0) is 30.0 Å². The average Bonchev–Trinajstić information content (AvgIpc) is 2.69. The van der Waals surface area contributed by atoms with E-state index in [9.17, 15) is 18.0 Å². The zero-order valence-corrected chi connectivity index (χ0v) is 8.71. The number of halogens is 3. The minimum atomic E-state index is -4.41. The number of amides is 1. The van der Waals surface area contributed by atoms with Crippen LogP contribution in [0.25, 0.3) is 0 Å². The lowest BCUT2D eigenvalue weighted by Gasteiger charge is -2.15. The first-order valence-electron chi connectivity index (χ1n) is 4.91. The molecule has 5 heteroatoms. The average molecular weight is 239 g/mol. The van der Waals surface area contributed by atoms with Crippen molar-refractivity contribution >= 4 is 11.6 Å². The molecule has 0 radical (unpaired) electrons. The highest BCUT2D eigenvalue weighted by Gasteiger charge is 2.33. The Morgan fingerprint density at radius 2 is 2.12 bits per heavy atom. The fraction of sp³-hybridized carbons (Fsp3) is 0.250. The number of anilines is 1. The van der Waals surface area contributed by atoms with Crippen molar-refractivity contribution in [3.05, 3.63) is 29.3 Å². The quantitative estimate of drug-likeness (QED) is 0.636. The van der Waals surface area contributed by atoms with Crippen LogP contribution in [-0.2, 0) is 17.4 Å². The summed E-state index contributed by atoms with van der Waals surface area (Å²) in [5.41, 5.74) is 0.206. The lowest BCUT2D eigenvalue weighted by atomic mass is 10.1. The third kappa shape index (κ3) is 1.98. The molecule has 1 heterocycles. The van der Waals surface area contributed by atoms with Crippen molar-refractivity contribution in [3.8, 4) is 12.3 Å². The second-order valence-electron chi connectivity index (χ2n) is 3.69. The van der Waals surface area contributed by atoms with E-state index >= 15 is 0 Å². The first-order chi connectivity index (χ1) is 7.93. The van der Waals surface area contributed by atoms with Crippen molar-refractivity contribution < 1.29 is 18.0 Å². The monoisotopic (exact) mass is 239 g/mol. The smallest absolute Gasteiger partial charge is 0.301 e. The summed E-state index contributed by atoms with van der Waals surface area (Å²) >= 11 is 0. The van der Waals surface area contributed by atoms with Crippen LogP contribution in [0.4, 0.5) is 18.9 Å². The molecule has 17 heavy (non-hydrogen) atoms. The molecule has 0 bridgehead atoms. The number of carbonyl (C=O) groups is 1. The van der Waals surface area contributed by atoms with Crippen molar-refractivity contribution in [2.75, 3.05) is 11.4 Å². The van der Waals surface area contributed by atoms with Gasteiger partial charge in [-0.3, -0.25) is 4.79 Å². The number of fused-ring (bicyclic) bond motifs is 1. The molecular weight excluding hydrogens is 231 g/mol. The van der Waals surface area contributed by atoms with Crippen molar-refractivity contribution in [2.24, 2.45) is 0 Å². The predicted molar refractivity (Wildman–Crippen MR) is 56.3 cm³/mol. The maximum atomic E-state index is 12.5. The van der Waals surface area contributed by atoms with Gasteiger partial charge in [0.1, 0.15) is 0 Å². The summed E-state index contributed by atoms with van der Waals surface area (Å²) in [5, 5.41) is 0. The van der Waals surface area contributed by atoms with Crippen LogP contribution >= 0.6 is 0 Å². The summed E-state index contributed by atoms with van der Waals surface area (Å²) in [4.78, 5) is 12.5. The Morgan fingerprint density at radius 3 is 2.71 bits per heavy atom. The van der Waals surface area contributed by atoms with E-state index in [-0.39, 0.29) is 5.69 Å². The minimum absolute atomic E-state index is 0.266. The van der Waals surface area contributed by atoms with Crippen LogP contribution in [0.5, 0.6) is 0 Å². The first kappa shape index (κ1) is 11.5. The Morgan fingerprint density at radius 1 is 1.41 bits per heavy atom. The fourth-order valence-corrected chi connectivity index (χ4v) is 1.84. The fourth-order valence-electron chi connectivity index (χ4n) is 1.84. The van der Waals surface area contributed by atoms with Gasteiger partial charge in [-0.1, -0.05) is 6.07 Å². The molecule has 0 fully saturated rings. The molecule has 0 N–H and O–H groups in total. The Balaban J connectivity index is 2.45. The maximum Gasteiger partial charge on any atom is 0.416 e. The van der Waals surface area contributed by atoms with E-state index in [1.807, 2.05) is 5.92 Å². The molecule has 0 unspecified atom stereocenters. The maximum absolute atomic E-state index is 12.5. The lowest BCUT2D eigenvalue weighted by molar-refractivity contribution is -0.137. The van der Waals surface area contributed by atoms with Crippen LogP contribution in [0.15, 0.2) is 18.2 Å². The Labute approximate surface area is 96.0 Å². The molecule has 2 nitrogen and oxygen atoms in total. The van der Waals surface area contributed by atoms with Gasteiger partial charge in [0.05, 0.1) is 5.56 Å². The highest BCUT2D eigenvalue weighted by atomic mass is 19.4. The van der Waals surface area contributed by atoms with E-state index in [1.54, 1.807) is 0 Å². The molecule has 1 amide bonds. The molecule has 88 valence electrons. The number of carbonyl (C=O) groups excluding carboxylic acids is 1. The summed E-state index contributed by atoms with van der Waals surface area (Å²) < 4.78 is 37.6. The molecule has 1 aromatic rings. The van der Waals surface area contributed by atoms with E-state index in [1.165, 1.54) is 11.0 Å². The zero-order valence-electron chi connectivity index (χ0n) is 8.71. The number of hydrogen-bond acceptors (Lipinski definition) is 1. The molecule has 1 aromatic carbocycles. The number of terminal acetylenes is 1. The SMILES string of the molecule is C#CC(=O)N1CCc2ccc(C(F)(F)F)cc21. The van der Waals surface area contributed by atoms with Crippen LogP contribution < -0.4 is 4.90 Å². The van der Waals surface area contributed by atoms with Crippen molar-refractivity contribution in [2.45, 2.75) is 12.6 Å². The van der Waals surface area contributed by atoms with Crippen LogP contribution in [0, 0.1) is 12.3 Å². The van der Waals surface area contributed by atoms with Crippen molar-refractivity contribution in [1.82, 2.24) is 0 Å². The molecule has 1 aliphatic rings. The van der Waals surface area contributed by atoms with Crippen LogP contribution in [0.1, 0.15) is 11.1 Å². The molecule has 2 rings (SSSR count). The van der Waals surface area contributed by atoms with Gasteiger partial charge in [0.15, 0.2) is 0 Å². The van der Waals surface area contributed by atoms with Gasteiger partial charge in [-0.25, -0.2) is 0 Å². The van der Waals surface area contributed by atoms with Crippen LogP contribution in [0.3, 0.4) is 0 Å². The first-order valence-corrected chi connectivity index (χ1v) is 4.91. The van der Waals surface area contributed by atoms with Gasteiger partial charge < -0.3 is 4.90 Å². The molecule has 0 saturated heterocycles. The van der Waals surface area contributed by atoms with Gasteiger partial charge >= 0.3 is 12.1 Å². The van der Waals surface area contributed by atoms with Crippen molar-refractivity contribution in [3.63, 3.8) is 0 Å². The second-order valence-corrected chi connectivity index (χ2v) is 3.69. The molecule has 0 saturated carbocycles. The third-order valence-electron chi connectivity index (χ3n) is 2.68. The molecule has 0 aromatic heterocycles. The number of rotatable bonds is 0. The minimum Gasteiger partial charge on any atom is -0.301 e. The highest BCUT2D eigenvalue weighted by molar-refractivity contribution is 6.06. The molecule has 1 aliphatic heterocycles. The van der Waals surface area contributed by atoms with E-state index in [2.05, 4.69) is 0 Å². The van der Waals surface area contributed by atoms with Crippen molar-refractivity contribution in [1.29, 1.82) is 0 Å². The lowest BCUT2D eigenvalue weighted by Crippen LogP contribution is -2.27. The largest absolute Gasteiger partial charge is 0.416 e. The molecule has 0 spiro atoms. The van der Waals surface area contributed by atoms with Gasteiger partial charge in [0, 0.05) is 12.2 Å². The van der Waals surface area contributed by atoms with Gasteiger partial charge in [-0.15, -0.1) is 6.42 Å². The predicted octanol–water partition coefficient (Wildman–Crippen LogP) is 2.23. The van der Waals surface area contributed by atoms with E-state index < -0.39 is 17.6 Å². The van der Waals surface area contributed by atoms with E-state index in [4.69, 9.17) is 6.42 Å².